The van der Waals surface area contributed by atoms with E-state index in [0.717, 1.165) is 5.69 Å². The van der Waals surface area contributed by atoms with Crippen LogP contribution >= 0.6 is 0 Å². The molecular weight excluding hydrogens is 286 g/mol. The van der Waals surface area contributed by atoms with Gasteiger partial charge >= 0.3 is 5.97 Å². The number of aliphatic hydroxyl groups excluding tert-OH is 1. The Hall–Kier alpha value is -2.67. The van der Waals surface area contributed by atoms with Gasteiger partial charge in [0.25, 0.3) is 5.91 Å². The molecule has 1 aromatic heterocycles. The number of aliphatic hydroxyl groups is 1. The van der Waals surface area contributed by atoms with Crippen molar-refractivity contribution < 1.29 is 19.4 Å². The van der Waals surface area contributed by atoms with Gasteiger partial charge in [0.1, 0.15) is 0 Å². The van der Waals surface area contributed by atoms with E-state index in [1.165, 1.54) is 13.3 Å². The molecule has 2 rings (SSSR count). The van der Waals surface area contributed by atoms with Crippen LogP contribution in [0.1, 0.15) is 16.1 Å². The smallest absolute Gasteiger partial charge is 0.330 e. The Balaban J connectivity index is 2.22. The van der Waals surface area contributed by atoms with Crippen LogP contribution in [-0.4, -0.2) is 46.5 Å². The van der Waals surface area contributed by atoms with Crippen molar-refractivity contribution in [3.63, 3.8) is 0 Å². The molecule has 0 fully saturated rings. The zero-order chi connectivity index (χ0) is 16.1. The monoisotopic (exact) mass is 303 g/mol. The van der Waals surface area contributed by atoms with E-state index in [0.29, 0.717) is 11.3 Å². The lowest BCUT2D eigenvalue weighted by Crippen LogP contribution is -2.44. The minimum absolute atomic E-state index is 0.325. The average molecular weight is 303 g/mol. The highest BCUT2D eigenvalue weighted by Gasteiger charge is 2.23. The van der Waals surface area contributed by atoms with Crippen LogP contribution in [0.4, 0.5) is 0 Å². The molecule has 1 atom stereocenters. The summed E-state index contributed by atoms with van der Waals surface area (Å²) >= 11 is 0. The lowest BCUT2D eigenvalue weighted by atomic mass is 10.2. The van der Waals surface area contributed by atoms with Crippen molar-refractivity contribution in [3.05, 3.63) is 47.8 Å². The second kappa shape index (κ2) is 6.86. The summed E-state index contributed by atoms with van der Waals surface area (Å²) < 4.78 is 6.14. The van der Waals surface area contributed by atoms with Crippen LogP contribution in [0.5, 0.6) is 0 Å². The molecule has 0 radical (unpaired) electrons. The first-order valence-corrected chi connectivity index (χ1v) is 6.68. The van der Waals surface area contributed by atoms with Gasteiger partial charge in [0.05, 0.1) is 36.9 Å². The molecule has 7 nitrogen and oxygen atoms in total. The number of methoxy groups -OCH3 is 1. The van der Waals surface area contributed by atoms with Crippen LogP contribution in [-0.2, 0) is 9.53 Å². The molecule has 0 spiro atoms. The van der Waals surface area contributed by atoms with Crippen molar-refractivity contribution in [3.8, 4) is 5.69 Å². The third-order valence-corrected chi connectivity index (χ3v) is 3.23. The van der Waals surface area contributed by atoms with E-state index in [1.54, 1.807) is 11.6 Å². The second-order valence-corrected chi connectivity index (χ2v) is 4.62. The highest BCUT2D eigenvalue weighted by atomic mass is 16.5. The Labute approximate surface area is 127 Å². The van der Waals surface area contributed by atoms with Gasteiger partial charge in [0, 0.05) is 0 Å². The highest BCUT2D eigenvalue weighted by Crippen LogP contribution is 2.13. The molecule has 0 aliphatic heterocycles. The molecule has 1 aromatic carbocycles. The summed E-state index contributed by atoms with van der Waals surface area (Å²) in [4.78, 5) is 23.6. The number of hydrogen-bond acceptors (Lipinski definition) is 5. The number of para-hydroxylation sites is 1. The number of carbonyl (C=O) groups is 2. The summed E-state index contributed by atoms with van der Waals surface area (Å²) in [6.07, 6.45) is 1.42. The van der Waals surface area contributed by atoms with Crippen LogP contribution in [0.25, 0.3) is 5.69 Å². The van der Waals surface area contributed by atoms with Crippen LogP contribution < -0.4 is 5.32 Å². The molecule has 22 heavy (non-hydrogen) atoms. The Bertz CT molecular complexity index is 667. The maximum atomic E-state index is 12.2. The maximum absolute atomic E-state index is 12.2. The molecule has 0 aliphatic rings. The predicted octanol–water partition coefficient (Wildman–Crippen LogP) is 0.444. The lowest BCUT2D eigenvalue weighted by Gasteiger charge is -2.13. The van der Waals surface area contributed by atoms with Crippen molar-refractivity contribution in [2.24, 2.45) is 0 Å². The summed E-state index contributed by atoms with van der Waals surface area (Å²) in [7, 11) is 1.19. The quantitative estimate of drug-likeness (QED) is 0.782. The van der Waals surface area contributed by atoms with Crippen molar-refractivity contribution in [2.75, 3.05) is 13.7 Å². The second-order valence-electron chi connectivity index (χ2n) is 4.62. The minimum atomic E-state index is -1.10. The summed E-state index contributed by atoms with van der Waals surface area (Å²) in [5.74, 6) is -1.20. The molecule has 0 unspecified atom stereocenters. The number of benzene rings is 1. The predicted molar refractivity (Wildman–Crippen MR) is 78.7 cm³/mol. The summed E-state index contributed by atoms with van der Waals surface area (Å²) in [6.45, 7) is 1.21. The molecule has 2 aromatic rings. The summed E-state index contributed by atoms with van der Waals surface area (Å²) in [5.41, 5.74) is 1.78. The molecule has 1 heterocycles. The van der Waals surface area contributed by atoms with Gasteiger partial charge in [-0.25, -0.2) is 9.48 Å². The normalized spacial score (nSPS) is 11.8. The Morgan fingerprint density at radius 1 is 1.36 bits per heavy atom. The molecule has 0 saturated carbocycles. The van der Waals surface area contributed by atoms with E-state index < -0.39 is 24.5 Å². The Morgan fingerprint density at radius 2 is 2.05 bits per heavy atom. The van der Waals surface area contributed by atoms with Crippen LogP contribution in [0.2, 0.25) is 0 Å². The molecule has 1 amide bonds. The van der Waals surface area contributed by atoms with E-state index in [4.69, 9.17) is 5.11 Å². The topological polar surface area (TPSA) is 93.4 Å². The number of carbonyl (C=O) groups excluding carboxylic acids is 2. The van der Waals surface area contributed by atoms with E-state index in [-0.39, 0.29) is 0 Å². The third kappa shape index (κ3) is 3.15. The van der Waals surface area contributed by atoms with Crippen LogP contribution in [0, 0.1) is 6.92 Å². The van der Waals surface area contributed by atoms with Gasteiger partial charge in [-0.05, 0) is 19.1 Å². The van der Waals surface area contributed by atoms with Gasteiger partial charge < -0.3 is 15.2 Å². The van der Waals surface area contributed by atoms with E-state index in [2.05, 4.69) is 15.2 Å². The zero-order valence-corrected chi connectivity index (χ0v) is 12.3. The van der Waals surface area contributed by atoms with Crippen LogP contribution in [0.15, 0.2) is 36.5 Å². The third-order valence-electron chi connectivity index (χ3n) is 3.23. The first kappa shape index (κ1) is 15.7. The number of nitrogens with one attached hydrogen (secondary N) is 1. The molecule has 2 N–H and O–H groups in total. The molecule has 7 heteroatoms. The summed E-state index contributed by atoms with van der Waals surface area (Å²) in [5, 5.41) is 15.7. The standard InChI is InChI=1S/C15H17N3O4/c1-10-12(14(20)17-13(9-19)15(21)22-2)8-16-18(10)11-6-4-3-5-7-11/h3-8,13,19H,9H2,1-2H3,(H,17,20)/t13-/m1/s1. The van der Waals surface area contributed by atoms with E-state index in [1.807, 2.05) is 30.3 Å². The largest absolute Gasteiger partial charge is 0.467 e. The van der Waals surface area contributed by atoms with Gasteiger partial charge in [0.2, 0.25) is 0 Å². The Kier molecular flexibility index (Phi) is 4.90. The molecule has 0 bridgehead atoms. The van der Waals surface area contributed by atoms with Gasteiger partial charge in [-0.3, -0.25) is 4.79 Å². The van der Waals surface area contributed by atoms with Crippen molar-refractivity contribution in [1.82, 2.24) is 15.1 Å². The number of esters is 1. The number of amides is 1. The number of ether oxygens (including phenoxy) is 1. The van der Waals surface area contributed by atoms with Gasteiger partial charge in [-0.15, -0.1) is 0 Å². The van der Waals surface area contributed by atoms with E-state index in [9.17, 15) is 9.59 Å². The number of nitrogens with zero attached hydrogens (tertiary/aromatic N) is 2. The fraction of sp³-hybridized carbons (Fsp3) is 0.267. The number of aromatic nitrogens is 2. The SMILES string of the molecule is COC(=O)[C@@H](CO)NC(=O)c1cnn(-c2ccccc2)c1C. The molecular formula is C15H17N3O4. The number of hydrogen-bond donors (Lipinski definition) is 2. The average Bonchev–Trinajstić information content (AvgIpc) is 2.94. The lowest BCUT2D eigenvalue weighted by molar-refractivity contribution is -0.143. The van der Waals surface area contributed by atoms with Crippen molar-refractivity contribution in [1.29, 1.82) is 0 Å². The maximum Gasteiger partial charge on any atom is 0.330 e. The van der Waals surface area contributed by atoms with Crippen molar-refractivity contribution >= 4 is 11.9 Å². The number of rotatable bonds is 5. The molecule has 116 valence electrons. The van der Waals surface area contributed by atoms with Crippen molar-refractivity contribution in [2.45, 2.75) is 13.0 Å². The molecule has 0 saturated heterocycles. The minimum Gasteiger partial charge on any atom is -0.467 e. The zero-order valence-electron chi connectivity index (χ0n) is 12.3. The first-order chi connectivity index (χ1) is 10.6. The van der Waals surface area contributed by atoms with Gasteiger partial charge in [-0.1, -0.05) is 18.2 Å². The molecule has 0 aliphatic carbocycles. The van der Waals surface area contributed by atoms with E-state index >= 15 is 0 Å². The fourth-order valence-corrected chi connectivity index (χ4v) is 2.02. The van der Waals surface area contributed by atoms with Gasteiger partial charge in [-0.2, -0.15) is 5.10 Å². The van der Waals surface area contributed by atoms with Gasteiger partial charge in [0.15, 0.2) is 6.04 Å². The summed E-state index contributed by atoms with van der Waals surface area (Å²) in [6, 6.07) is 8.26. The Morgan fingerprint density at radius 3 is 2.64 bits per heavy atom. The van der Waals surface area contributed by atoms with Crippen LogP contribution in [0.3, 0.4) is 0 Å². The highest BCUT2D eigenvalue weighted by molar-refractivity contribution is 5.97. The first-order valence-electron chi connectivity index (χ1n) is 6.68. The fourth-order valence-electron chi connectivity index (χ4n) is 2.02.